The molecular weight excluding hydrogens is 389 g/mol. The van der Waals surface area contributed by atoms with Crippen molar-refractivity contribution in [3.63, 3.8) is 0 Å². The number of fused-ring (bicyclic) bond motifs is 1. The summed E-state index contributed by atoms with van der Waals surface area (Å²) >= 11 is 6.07. The van der Waals surface area contributed by atoms with Crippen molar-refractivity contribution in [2.45, 2.75) is 46.5 Å². The second-order valence-corrected chi connectivity index (χ2v) is 9.37. The third-order valence-corrected chi connectivity index (χ3v) is 6.56. The molecule has 154 valence electrons. The molecule has 1 aliphatic rings. The summed E-state index contributed by atoms with van der Waals surface area (Å²) in [6.07, 6.45) is 9.59. The second kappa shape index (κ2) is 7.90. The highest BCUT2D eigenvalue weighted by Crippen LogP contribution is 2.48. The molecule has 1 fully saturated rings. The Balaban J connectivity index is 1.44. The Morgan fingerprint density at radius 3 is 2.90 bits per heavy atom. The van der Waals surface area contributed by atoms with E-state index in [-0.39, 0.29) is 5.82 Å². The highest BCUT2D eigenvalue weighted by atomic mass is 35.5. The van der Waals surface area contributed by atoms with E-state index in [1.54, 1.807) is 18.5 Å². The summed E-state index contributed by atoms with van der Waals surface area (Å²) in [5.74, 6) is 1.48. The maximum atomic E-state index is 14.3. The molecule has 7 heteroatoms. The Morgan fingerprint density at radius 2 is 2.17 bits per heavy atom. The molecule has 0 spiro atoms. The van der Waals surface area contributed by atoms with Crippen LogP contribution in [0.5, 0.6) is 0 Å². The molecule has 0 amide bonds. The fourth-order valence-corrected chi connectivity index (χ4v) is 4.26. The standard InChI is InChI=1S/C22H27ClFN5/c1-13(4-5-14-6-7-22(14,2)3)9-25-21-18(24)12-28-20(29-21)17-11-27-19-16(17)8-15(23)10-26-19/h8,10-14H,4-7,9H2,1-3H3,(H,26,27)(H,25,28,29). The average Bonchev–Trinajstić information content (AvgIpc) is 3.09. The summed E-state index contributed by atoms with van der Waals surface area (Å²) in [5, 5.41) is 4.52. The Morgan fingerprint density at radius 1 is 1.34 bits per heavy atom. The van der Waals surface area contributed by atoms with Crippen LogP contribution >= 0.6 is 11.6 Å². The van der Waals surface area contributed by atoms with Crippen LogP contribution in [0.25, 0.3) is 22.4 Å². The van der Waals surface area contributed by atoms with Gasteiger partial charge in [0.25, 0.3) is 0 Å². The third-order valence-electron chi connectivity index (χ3n) is 6.35. The zero-order valence-corrected chi connectivity index (χ0v) is 17.9. The van der Waals surface area contributed by atoms with E-state index in [4.69, 9.17) is 11.6 Å². The van der Waals surface area contributed by atoms with E-state index in [1.807, 2.05) is 0 Å². The van der Waals surface area contributed by atoms with Gasteiger partial charge in [0.1, 0.15) is 5.65 Å². The lowest BCUT2D eigenvalue weighted by Gasteiger charge is -2.45. The summed E-state index contributed by atoms with van der Waals surface area (Å²) in [5.41, 5.74) is 1.93. The first kappa shape index (κ1) is 20.1. The van der Waals surface area contributed by atoms with Gasteiger partial charge in [0.15, 0.2) is 17.5 Å². The predicted molar refractivity (Wildman–Crippen MR) is 115 cm³/mol. The van der Waals surface area contributed by atoms with Crippen LogP contribution < -0.4 is 5.32 Å². The number of rotatable bonds is 7. The van der Waals surface area contributed by atoms with Gasteiger partial charge in [0, 0.05) is 29.9 Å². The summed E-state index contributed by atoms with van der Waals surface area (Å²) in [6, 6.07) is 1.81. The number of pyridine rings is 1. The molecule has 3 heterocycles. The molecule has 1 aliphatic carbocycles. The largest absolute Gasteiger partial charge is 0.367 e. The summed E-state index contributed by atoms with van der Waals surface area (Å²) in [6.45, 7) is 7.60. The Hall–Kier alpha value is -2.21. The van der Waals surface area contributed by atoms with Crippen LogP contribution in [0.15, 0.2) is 24.7 Å². The predicted octanol–water partition coefficient (Wildman–Crippen LogP) is 6.08. The number of halogens is 2. The summed E-state index contributed by atoms with van der Waals surface area (Å²) in [4.78, 5) is 15.9. The van der Waals surface area contributed by atoms with Crippen LogP contribution in [0.1, 0.15) is 46.5 Å². The quantitative estimate of drug-likeness (QED) is 0.491. The highest BCUT2D eigenvalue weighted by Gasteiger charge is 2.37. The number of aromatic nitrogens is 4. The minimum atomic E-state index is -0.447. The molecule has 0 aliphatic heterocycles. The summed E-state index contributed by atoms with van der Waals surface area (Å²) in [7, 11) is 0. The molecule has 2 atom stereocenters. The van der Waals surface area contributed by atoms with Crippen LogP contribution in [-0.2, 0) is 0 Å². The minimum absolute atomic E-state index is 0.232. The lowest BCUT2D eigenvalue weighted by atomic mass is 9.61. The van der Waals surface area contributed by atoms with Crippen molar-refractivity contribution in [2.75, 3.05) is 11.9 Å². The normalized spacial score (nSPS) is 19.1. The van der Waals surface area contributed by atoms with Crippen molar-refractivity contribution < 1.29 is 4.39 Å². The van der Waals surface area contributed by atoms with E-state index in [9.17, 15) is 4.39 Å². The van der Waals surface area contributed by atoms with E-state index >= 15 is 0 Å². The number of aromatic amines is 1. The van der Waals surface area contributed by atoms with Crippen molar-refractivity contribution in [1.82, 2.24) is 19.9 Å². The molecule has 2 unspecified atom stereocenters. The molecule has 0 saturated heterocycles. The molecule has 4 rings (SSSR count). The number of hydrogen-bond acceptors (Lipinski definition) is 4. The van der Waals surface area contributed by atoms with Gasteiger partial charge in [0.05, 0.1) is 11.2 Å². The fraction of sp³-hybridized carbons (Fsp3) is 0.500. The van der Waals surface area contributed by atoms with Gasteiger partial charge in [-0.2, -0.15) is 0 Å². The highest BCUT2D eigenvalue weighted by molar-refractivity contribution is 6.31. The first-order valence-corrected chi connectivity index (χ1v) is 10.6. The second-order valence-electron chi connectivity index (χ2n) is 8.93. The Kier molecular flexibility index (Phi) is 5.47. The monoisotopic (exact) mass is 415 g/mol. The van der Waals surface area contributed by atoms with Crippen molar-refractivity contribution in [1.29, 1.82) is 0 Å². The summed E-state index contributed by atoms with van der Waals surface area (Å²) < 4.78 is 14.3. The van der Waals surface area contributed by atoms with Crippen molar-refractivity contribution in [3.05, 3.63) is 35.5 Å². The van der Waals surface area contributed by atoms with Crippen LogP contribution in [0.2, 0.25) is 5.02 Å². The van der Waals surface area contributed by atoms with Crippen molar-refractivity contribution in [2.24, 2.45) is 17.3 Å². The lowest BCUT2D eigenvalue weighted by Crippen LogP contribution is -2.34. The number of H-pyrrole nitrogens is 1. The SMILES string of the molecule is CC(CCC1CCC1(C)C)CNc1nc(-c2c[nH]c3ncc(Cl)cc23)ncc1F. The first-order chi connectivity index (χ1) is 13.8. The fourth-order valence-electron chi connectivity index (χ4n) is 4.10. The van der Waals surface area contributed by atoms with E-state index in [2.05, 4.69) is 46.0 Å². The van der Waals surface area contributed by atoms with Crippen molar-refractivity contribution >= 4 is 28.5 Å². The maximum Gasteiger partial charge on any atom is 0.183 e. The molecule has 1 saturated carbocycles. The molecule has 29 heavy (non-hydrogen) atoms. The van der Waals surface area contributed by atoms with Gasteiger partial charge in [-0.15, -0.1) is 0 Å². The molecule has 0 radical (unpaired) electrons. The van der Waals surface area contributed by atoms with Gasteiger partial charge in [-0.3, -0.25) is 0 Å². The third kappa shape index (κ3) is 4.22. The van der Waals surface area contributed by atoms with Gasteiger partial charge in [0.2, 0.25) is 0 Å². The zero-order valence-electron chi connectivity index (χ0n) is 17.1. The molecule has 3 aromatic heterocycles. The first-order valence-electron chi connectivity index (χ1n) is 10.2. The number of anilines is 1. The molecular formula is C22H27ClFN5. The van der Waals surface area contributed by atoms with Gasteiger partial charge in [-0.25, -0.2) is 19.3 Å². The maximum absolute atomic E-state index is 14.3. The minimum Gasteiger partial charge on any atom is -0.367 e. The molecule has 3 aromatic rings. The number of nitrogens with zero attached hydrogens (tertiary/aromatic N) is 3. The zero-order chi connectivity index (χ0) is 20.6. The smallest absolute Gasteiger partial charge is 0.183 e. The van der Waals surface area contributed by atoms with Gasteiger partial charge in [-0.1, -0.05) is 32.4 Å². The molecule has 2 N–H and O–H groups in total. The van der Waals surface area contributed by atoms with Crippen molar-refractivity contribution in [3.8, 4) is 11.4 Å². The van der Waals surface area contributed by atoms with E-state index in [0.717, 1.165) is 23.3 Å². The van der Waals surface area contributed by atoms with E-state index < -0.39 is 5.82 Å². The number of hydrogen-bond donors (Lipinski definition) is 2. The van der Waals surface area contributed by atoms with Crippen LogP contribution in [-0.4, -0.2) is 26.5 Å². The van der Waals surface area contributed by atoms with E-state index in [1.165, 1.54) is 25.5 Å². The van der Waals surface area contributed by atoms with Crippen LogP contribution in [0.4, 0.5) is 10.2 Å². The van der Waals surface area contributed by atoms with Gasteiger partial charge < -0.3 is 10.3 Å². The van der Waals surface area contributed by atoms with Crippen LogP contribution in [0.3, 0.4) is 0 Å². The van der Waals surface area contributed by atoms with Crippen LogP contribution in [0, 0.1) is 23.1 Å². The van der Waals surface area contributed by atoms with Gasteiger partial charge >= 0.3 is 0 Å². The number of nitrogens with one attached hydrogen (secondary N) is 2. The van der Waals surface area contributed by atoms with E-state index in [0.29, 0.717) is 34.4 Å². The molecule has 5 nitrogen and oxygen atoms in total. The van der Waals surface area contributed by atoms with Gasteiger partial charge in [-0.05, 0) is 49.0 Å². The average molecular weight is 416 g/mol. The molecule has 0 aromatic carbocycles. The Labute approximate surface area is 175 Å². The molecule has 0 bridgehead atoms. The topological polar surface area (TPSA) is 66.5 Å². The Bertz CT molecular complexity index is 1020. The lowest BCUT2D eigenvalue weighted by molar-refractivity contribution is 0.0597.